The molecule has 0 aliphatic heterocycles. The lowest BCUT2D eigenvalue weighted by atomic mass is 10.2. The SMILES string of the molecule is C.C.C.C.C.C.Cc1ccccc1.Cc1ccccc1.Cc1ccccc1.N=C=O.N=C=O.N=C=O.N=C=O.N=C=O.N=C=O. The summed E-state index contributed by atoms with van der Waals surface area (Å²) in [4.78, 5) is 50.1. The lowest BCUT2D eigenvalue weighted by Gasteiger charge is -1.82. The van der Waals surface area contributed by atoms with E-state index in [0.29, 0.717) is 0 Å². The maximum atomic E-state index is 8.35. The minimum absolute atomic E-state index is 0. The van der Waals surface area contributed by atoms with Crippen LogP contribution in [-0.2, 0) is 28.8 Å². The number of hydrogen-bond acceptors (Lipinski definition) is 12. The van der Waals surface area contributed by atoms with E-state index in [9.17, 15) is 0 Å². The van der Waals surface area contributed by atoms with E-state index in [1.807, 2.05) is 54.6 Å². The van der Waals surface area contributed by atoms with Crippen LogP contribution in [0.4, 0.5) is 0 Å². The predicted octanol–water partition coefficient (Wildman–Crippen LogP) is 9.21. The Hall–Kier alpha value is -6.06. The van der Waals surface area contributed by atoms with Crippen molar-refractivity contribution in [2.24, 2.45) is 0 Å². The number of isocyanates is 6. The van der Waals surface area contributed by atoms with Crippen molar-refractivity contribution in [1.82, 2.24) is 0 Å². The van der Waals surface area contributed by atoms with Gasteiger partial charge in [-0.25, -0.2) is 61.2 Å². The van der Waals surface area contributed by atoms with Crippen molar-refractivity contribution in [3.8, 4) is 0 Å². The summed E-state index contributed by atoms with van der Waals surface area (Å²) in [6, 6.07) is 30.8. The van der Waals surface area contributed by atoms with Gasteiger partial charge in [0.2, 0.25) is 36.5 Å². The number of nitrogens with one attached hydrogen (secondary N) is 6. The highest BCUT2D eigenvalue weighted by Crippen LogP contribution is 1.93. The first-order valence-corrected chi connectivity index (χ1v) is 9.96. The molecule has 0 heterocycles. The van der Waals surface area contributed by atoms with E-state index < -0.39 is 0 Å². The summed E-state index contributed by atoms with van der Waals surface area (Å²) in [6.07, 6.45) is 4.50. The van der Waals surface area contributed by atoms with Gasteiger partial charge in [-0.1, -0.05) is 152 Å². The number of hydrogen-bond donors (Lipinski definition) is 6. The Morgan fingerprint density at radius 3 is 0.444 bits per heavy atom. The van der Waals surface area contributed by atoms with E-state index in [-0.39, 0.29) is 44.6 Å². The molecule has 45 heavy (non-hydrogen) atoms. The molecule has 3 aromatic carbocycles. The molecule has 0 bridgehead atoms. The van der Waals surface area contributed by atoms with Crippen molar-refractivity contribution in [2.75, 3.05) is 0 Å². The minimum atomic E-state index is 0. The van der Waals surface area contributed by atoms with Crippen LogP contribution in [-0.4, -0.2) is 36.5 Å². The number of benzene rings is 3. The van der Waals surface area contributed by atoms with E-state index in [4.69, 9.17) is 61.2 Å². The Morgan fingerprint density at radius 1 is 0.311 bits per heavy atom. The van der Waals surface area contributed by atoms with Crippen LogP contribution < -0.4 is 0 Å². The molecule has 0 amide bonds. The summed E-state index contributed by atoms with van der Waals surface area (Å²) in [5, 5.41) is 32.4. The van der Waals surface area contributed by atoms with Gasteiger partial charge in [-0.3, -0.25) is 0 Å². The minimum Gasteiger partial charge on any atom is -0.222 e. The molecule has 3 rings (SSSR count). The van der Waals surface area contributed by atoms with Crippen LogP contribution in [0, 0.1) is 53.2 Å². The first kappa shape index (κ1) is 77.2. The number of aryl methyl sites for hydroxylation is 3. The van der Waals surface area contributed by atoms with Gasteiger partial charge < -0.3 is 0 Å². The standard InChI is InChI=1S/3C7H8.6CHNO.6CH4/c3*1-7-5-3-2-4-6-7;6*2-1-3;;;;;;/h3*2-6H,1H3;6*2H;6*1H4. The van der Waals surface area contributed by atoms with Crippen LogP contribution in [0.15, 0.2) is 91.0 Å². The molecule has 12 heteroatoms. The average molecular weight is 631 g/mol. The second-order valence-corrected chi connectivity index (χ2v) is 5.58. The summed E-state index contributed by atoms with van der Waals surface area (Å²) < 4.78 is 0. The van der Waals surface area contributed by atoms with E-state index in [1.165, 1.54) is 16.7 Å². The molecule has 3 aromatic rings. The van der Waals surface area contributed by atoms with Crippen LogP contribution >= 0.6 is 0 Å². The van der Waals surface area contributed by atoms with Gasteiger partial charge in [0.25, 0.3) is 0 Å². The van der Waals surface area contributed by atoms with Gasteiger partial charge in [-0.15, -0.1) is 0 Å². The summed E-state index contributed by atoms with van der Waals surface area (Å²) in [7, 11) is 0. The van der Waals surface area contributed by atoms with E-state index in [2.05, 4.69) is 57.2 Å². The van der Waals surface area contributed by atoms with Crippen LogP contribution in [0.2, 0.25) is 0 Å². The number of carbonyl (C=O) groups excluding carboxylic acids is 6. The molecular formula is C33H54N6O6. The van der Waals surface area contributed by atoms with Crippen LogP contribution in [0.3, 0.4) is 0 Å². The molecule has 252 valence electrons. The van der Waals surface area contributed by atoms with Gasteiger partial charge in [0.15, 0.2) is 0 Å². The average Bonchev–Trinajstić information content (AvgIpc) is 2.89. The summed E-state index contributed by atoms with van der Waals surface area (Å²) in [6.45, 7) is 6.25. The maximum absolute atomic E-state index is 8.35. The van der Waals surface area contributed by atoms with Crippen molar-refractivity contribution in [3.05, 3.63) is 108 Å². The van der Waals surface area contributed by atoms with Crippen molar-refractivity contribution >= 4 is 36.5 Å². The molecule has 0 saturated heterocycles. The Balaban J connectivity index is -0.0000000277. The van der Waals surface area contributed by atoms with Gasteiger partial charge in [-0.05, 0) is 20.8 Å². The third-order valence-electron chi connectivity index (χ3n) is 2.82. The molecule has 0 radical (unpaired) electrons. The Labute approximate surface area is 270 Å². The van der Waals surface area contributed by atoms with Gasteiger partial charge >= 0.3 is 0 Å². The third kappa shape index (κ3) is 152. The normalized spacial score (nSPS) is 5.13. The van der Waals surface area contributed by atoms with Crippen LogP contribution in [0.1, 0.15) is 61.3 Å². The van der Waals surface area contributed by atoms with E-state index in [1.54, 1.807) is 0 Å². The fraction of sp³-hybridized carbons (Fsp3) is 0.273. The zero-order valence-electron chi connectivity index (χ0n) is 21.6. The largest absolute Gasteiger partial charge is 0.231 e. The fourth-order valence-corrected chi connectivity index (χ4v) is 1.60. The van der Waals surface area contributed by atoms with Crippen LogP contribution in [0.5, 0.6) is 0 Å². The first-order valence-electron chi connectivity index (χ1n) is 9.96. The van der Waals surface area contributed by atoms with Gasteiger partial charge in [0, 0.05) is 0 Å². The molecular weight excluding hydrogens is 576 g/mol. The molecule has 0 aromatic heterocycles. The highest BCUT2D eigenvalue weighted by molar-refractivity contribution is 5.27. The zero-order chi connectivity index (χ0) is 31.6. The molecule has 0 spiro atoms. The topological polar surface area (TPSA) is 246 Å². The molecule has 0 aliphatic carbocycles. The van der Waals surface area contributed by atoms with E-state index >= 15 is 0 Å². The van der Waals surface area contributed by atoms with Gasteiger partial charge in [-0.2, -0.15) is 0 Å². The predicted molar refractivity (Wildman–Crippen MR) is 184 cm³/mol. The first-order chi connectivity index (χ1) is 18.7. The Morgan fingerprint density at radius 2 is 0.400 bits per heavy atom. The van der Waals surface area contributed by atoms with Gasteiger partial charge in [0.05, 0.1) is 0 Å². The summed E-state index contributed by atoms with van der Waals surface area (Å²) in [5.74, 6) is 0. The molecule has 0 atom stereocenters. The molecule has 12 nitrogen and oxygen atoms in total. The Kier molecular flexibility index (Phi) is 155. The second kappa shape index (κ2) is 90.3. The van der Waals surface area contributed by atoms with Crippen molar-refractivity contribution in [1.29, 1.82) is 32.5 Å². The highest BCUT2D eigenvalue weighted by Gasteiger charge is 1.73. The van der Waals surface area contributed by atoms with Crippen LogP contribution in [0.25, 0.3) is 0 Å². The zero-order valence-corrected chi connectivity index (χ0v) is 21.6. The quantitative estimate of drug-likeness (QED) is 0.104. The molecule has 0 fully saturated rings. The highest BCUT2D eigenvalue weighted by atomic mass is 16.1. The molecule has 0 saturated carbocycles. The summed E-state index contributed by atoms with van der Waals surface area (Å²) >= 11 is 0. The van der Waals surface area contributed by atoms with Crippen molar-refractivity contribution in [2.45, 2.75) is 65.3 Å². The number of rotatable bonds is 0. The monoisotopic (exact) mass is 630 g/mol. The lowest BCUT2D eigenvalue weighted by Crippen LogP contribution is -1.62. The molecule has 0 unspecified atom stereocenters. The third-order valence-corrected chi connectivity index (χ3v) is 2.82. The maximum Gasteiger partial charge on any atom is 0.231 e. The van der Waals surface area contributed by atoms with Crippen molar-refractivity contribution < 1.29 is 28.8 Å². The molecule has 6 N–H and O–H groups in total. The van der Waals surface area contributed by atoms with E-state index in [0.717, 1.165) is 36.5 Å². The lowest BCUT2D eigenvalue weighted by molar-refractivity contribution is 0.562. The van der Waals surface area contributed by atoms with Gasteiger partial charge in [0.1, 0.15) is 0 Å². The smallest absolute Gasteiger partial charge is 0.222 e. The van der Waals surface area contributed by atoms with Crippen molar-refractivity contribution in [3.63, 3.8) is 0 Å². The second-order valence-electron chi connectivity index (χ2n) is 5.58. The summed E-state index contributed by atoms with van der Waals surface area (Å²) in [5.41, 5.74) is 3.97. The molecule has 0 aliphatic rings. The fourth-order valence-electron chi connectivity index (χ4n) is 1.60. The Bertz CT molecular complexity index is 926.